The van der Waals surface area contributed by atoms with Gasteiger partial charge in [0.1, 0.15) is 11.6 Å². The minimum absolute atomic E-state index is 0.0217. The summed E-state index contributed by atoms with van der Waals surface area (Å²) in [5.41, 5.74) is 4.56. The molecule has 0 unspecified atom stereocenters. The smallest absolute Gasteiger partial charge is 0.261 e. The lowest BCUT2D eigenvalue weighted by Crippen LogP contribution is -2.30. The first-order valence-corrected chi connectivity index (χ1v) is 12.2. The van der Waals surface area contributed by atoms with Crippen molar-refractivity contribution in [1.82, 2.24) is 14.9 Å². The lowest BCUT2D eigenvalue weighted by Gasteiger charge is -2.22. The molecule has 0 radical (unpaired) electrons. The summed E-state index contributed by atoms with van der Waals surface area (Å²) in [6.45, 7) is -0.0217. The van der Waals surface area contributed by atoms with Crippen LogP contribution in [0.3, 0.4) is 0 Å². The maximum absolute atomic E-state index is 13.0. The normalized spacial score (nSPS) is 12.6. The van der Waals surface area contributed by atoms with Gasteiger partial charge in [0.15, 0.2) is 5.82 Å². The Bertz CT molecular complexity index is 1650. The average Bonchev–Trinajstić information content (AvgIpc) is 3.21. The summed E-state index contributed by atoms with van der Waals surface area (Å²) in [6.07, 6.45) is 0. The van der Waals surface area contributed by atoms with Crippen molar-refractivity contribution in [2.24, 2.45) is 0 Å². The highest BCUT2D eigenvalue weighted by Crippen LogP contribution is 2.33. The van der Waals surface area contributed by atoms with Crippen LogP contribution in [-0.4, -0.2) is 40.8 Å². The Hall–Kier alpha value is -5.04. The lowest BCUT2D eigenvalue weighted by molar-refractivity contribution is 0.0638. The van der Waals surface area contributed by atoms with Crippen LogP contribution in [0.1, 0.15) is 26.5 Å². The highest BCUT2D eigenvalue weighted by atomic mass is 16.5. The molecular weight excluding hydrogens is 476 g/mol. The van der Waals surface area contributed by atoms with Gasteiger partial charge in [0.25, 0.3) is 11.8 Å². The SMILES string of the molecule is COc1ccc(N(C)c2nc(CN3C(=O)c4ccccc4C3=O)nc3ccc(-c4ccccc4)cc23)cc1. The van der Waals surface area contributed by atoms with Gasteiger partial charge in [0.2, 0.25) is 0 Å². The van der Waals surface area contributed by atoms with Crippen LogP contribution in [0, 0.1) is 0 Å². The number of nitrogens with zero attached hydrogens (tertiary/aromatic N) is 4. The first-order valence-electron chi connectivity index (χ1n) is 12.2. The van der Waals surface area contributed by atoms with Gasteiger partial charge in [-0.1, -0.05) is 48.5 Å². The second kappa shape index (κ2) is 9.44. The number of hydrogen-bond donors (Lipinski definition) is 0. The molecule has 0 N–H and O–H groups in total. The number of imide groups is 1. The van der Waals surface area contributed by atoms with Crippen LogP contribution in [-0.2, 0) is 6.54 Å². The molecule has 1 aliphatic heterocycles. The van der Waals surface area contributed by atoms with Crippen LogP contribution in [0.2, 0.25) is 0 Å². The third-order valence-electron chi connectivity index (χ3n) is 6.78. The molecule has 0 saturated carbocycles. The fourth-order valence-electron chi connectivity index (χ4n) is 4.75. The Kier molecular flexibility index (Phi) is 5.81. The van der Waals surface area contributed by atoms with Crippen molar-refractivity contribution in [1.29, 1.82) is 0 Å². The van der Waals surface area contributed by atoms with Gasteiger partial charge in [-0.15, -0.1) is 0 Å². The second-order valence-corrected chi connectivity index (χ2v) is 9.06. The molecule has 6 rings (SSSR count). The van der Waals surface area contributed by atoms with E-state index in [1.807, 2.05) is 66.5 Å². The monoisotopic (exact) mass is 500 g/mol. The van der Waals surface area contributed by atoms with Crippen molar-refractivity contribution < 1.29 is 14.3 Å². The minimum atomic E-state index is -0.334. The zero-order valence-corrected chi connectivity index (χ0v) is 21.0. The number of benzene rings is 4. The van der Waals surface area contributed by atoms with E-state index < -0.39 is 0 Å². The molecule has 186 valence electrons. The molecule has 7 nitrogen and oxygen atoms in total. The molecule has 1 aromatic heterocycles. The zero-order chi connectivity index (χ0) is 26.2. The van der Waals surface area contributed by atoms with Crippen LogP contribution < -0.4 is 9.64 Å². The summed E-state index contributed by atoms with van der Waals surface area (Å²) in [4.78, 5) is 38.8. The van der Waals surface area contributed by atoms with E-state index in [-0.39, 0.29) is 18.4 Å². The predicted octanol–water partition coefficient (Wildman–Crippen LogP) is 5.87. The first-order chi connectivity index (χ1) is 18.5. The van der Waals surface area contributed by atoms with Crippen LogP contribution in [0.25, 0.3) is 22.0 Å². The molecule has 2 heterocycles. The molecule has 7 heteroatoms. The highest BCUT2D eigenvalue weighted by Gasteiger charge is 2.35. The van der Waals surface area contributed by atoms with Crippen LogP contribution >= 0.6 is 0 Å². The van der Waals surface area contributed by atoms with Gasteiger partial charge in [-0.25, -0.2) is 9.97 Å². The summed E-state index contributed by atoms with van der Waals surface area (Å²) in [5.74, 6) is 1.14. The van der Waals surface area contributed by atoms with Gasteiger partial charge in [0.05, 0.1) is 30.3 Å². The third-order valence-corrected chi connectivity index (χ3v) is 6.78. The second-order valence-electron chi connectivity index (χ2n) is 9.06. The number of amides is 2. The standard InChI is InChI=1S/C31H24N4O3/c1-34(22-13-15-23(38-2)16-14-22)29-26-18-21(20-8-4-3-5-9-20)12-17-27(26)32-28(33-29)19-35-30(36)24-10-6-7-11-25(24)31(35)37/h3-18H,19H2,1-2H3. The summed E-state index contributed by atoms with van der Waals surface area (Å²) in [7, 11) is 3.57. The number of anilines is 2. The van der Waals surface area contributed by atoms with Gasteiger partial charge in [-0.2, -0.15) is 0 Å². The van der Waals surface area contributed by atoms with Gasteiger partial charge in [-0.05, 0) is 59.7 Å². The molecule has 0 aliphatic carbocycles. The Labute approximate surface area is 219 Å². The maximum Gasteiger partial charge on any atom is 0.261 e. The number of carbonyl (C=O) groups is 2. The fraction of sp³-hybridized carbons (Fsp3) is 0.0968. The van der Waals surface area contributed by atoms with Crippen molar-refractivity contribution in [3.8, 4) is 16.9 Å². The van der Waals surface area contributed by atoms with Gasteiger partial charge in [-0.3, -0.25) is 14.5 Å². The number of fused-ring (bicyclic) bond motifs is 2. The average molecular weight is 501 g/mol. The summed E-state index contributed by atoms with van der Waals surface area (Å²) in [5, 5.41) is 0.857. The van der Waals surface area contributed by atoms with E-state index >= 15 is 0 Å². The Morgan fingerprint density at radius 1 is 0.763 bits per heavy atom. The van der Waals surface area contributed by atoms with Crippen molar-refractivity contribution in [2.75, 3.05) is 19.1 Å². The van der Waals surface area contributed by atoms with E-state index in [4.69, 9.17) is 14.7 Å². The van der Waals surface area contributed by atoms with Crippen molar-refractivity contribution in [2.45, 2.75) is 6.54 Å². The number of methoxy groups -OCH3 is 1. The van der Waals surface area contributed by atoms with Gasteiger partial charge >= 0.3 is 0 Å². The third kappa shape index (κ3) is 4.04. The Balaban J connectivity index is 1.45. The van der Waals surface area contributed by atoms with Gasteiger partial charge < -0.3 is 9.64 Å². The molecule has 2 amide bonds. The van der Waals surface area contributed by atoms with E-state index in [1.54, 1.807) is 31.4 Å². The van der Waals surface area contributed by atoms with E-state index in [2.05, 4.69) is 18.2 Å². The maximum atomic E-state index is 13.0. The Morgan fingerprint density at radius 2 is 1.42 bits per heavy atom. The van der Waals surface area contributed by atoms with E-state index in [1.165, 1.54) is 4.90 Å². The number of hydrogen-bond acceptors (Lipinski definition) is 6. The number of carbonyl (C=O) groups excluding carboxylic acids is 2. The minimum Gasteiger partial charge on any atom is -0.497 e. The molecule has 0 spiro atoms. The molecule has 0 fully saturated rings. The van der Waals surface area contributed by atoms with Crippen molar-refractivity contribution >= 4 is 34.2 Å². The fourth-order valence-corrected chi connectivity index (χ4v) is 4.75. The number of rotatable bonds is 6. The van der Waals surface area contributed by atoms with Gasteiger partial charge in [0, 0.05) is 18.1 Å². The molecule has 0 saturated heterocycles. The van der Waals surface area contributed by atoms with Crippen LogP contribution in [0.4, 0.5) is 11.5 Å². The summed E-state index contributed by atoms with van der Waals surface area (Å²) < 4.78 is 5.32. The summed E-state index contributed by atoms with van der Waals surface area (Å²) in [6, 6.07) is 30.7. The quantitative estimate of drug-likeness (QED) is 0.272. The van der Waals surface area contributed by atoms with E-state index in [9.17, 15) is 9.59 Å². The summed E-state index contributed by atoms with van der Waals surface area (Å²) >= 11 is 0. The topological polar surface area (TPSA) is 75.6 Å². The molecule has 0 atom stereocenters. The predicted molar refractivity (Wildman–Crippen MR) is 147 cm³/mol. The molecule has 1 aliphatic rings. The molecule has 0 bridgehead atoms. The molecule has 4 aromatic carbocycles. The Morgan fingerprint density at radius 3 is 2.08 bits per heavy atom. The number of aromatic nitrogens is 2. The first kappa shape index (κ1) is 23.4. The number of ether oxygens (including phenoxy) is 1. The highest BCUT2D eigenvalue weighted by molar-refractivity contribution is 6.21. The van der Waals surface area contributed by atoms with E-state index in [0.29, 0.717) is 22.8 Å². The molecular formula is C31H24N4O3. The molecule has 5 aromatic rings. The molecule has 38 heavy (non-hydrogen) atoms. The largest absolute Gasteiger partial charge is 0.497 e. The van der Waals surface area contributed by atoms with Crippen molar-refractivity contribution in [3.05, 3.63) is 114 Å². The lowest BCUT2D eigenvalue weighted by atomic mass is 10.0. The van der Waals surface area contributed by atoms with Crippen LogP contribution in [0.15, 0.2) is 97.1 Å². The zero-order valence-electron chi connectivity index (χ0n) is 21.0. The van der Waals surface area contributed by atoms with E-state index in [0.717, 1.165) is 33.5 Å². The van der Waals surface area contributed by atoms with Crippen molar-refractivity contribution in [3.63, 3.8) is 0 Å². The van der Waals surface area contributed by atoms with Crippen LogP contribution in [0.5, 0.6) is 5.75 Å².